The van der Waals surface area contributed by atoms with E-state index >= 15 is 0 Å². The number of hydrogen-bond acceptors (Lipinski definition) is 4. The van der Waals surface area contributed by atoms with Gasteiger partial charge >= 0.3 is 0 Å². The van der Waals surface area contributed by atoms with Gasteiger partial charge in [0.1, 0.15) is 11.6 Å². The molecule has 138 valence electrons. The number of methoxy groups -OCH3 is 1. The van der Waals surface area contributed by atoms with Gasteiger partial charge in [0.25, 0.3) is 0 Å². The van der Waals surface area contributed by atoms with Crippen molar-refractivity contribution in [2.75, 3.05) is 33.9 Å². The summed E-state index contributed by atoms with van der Waals surface area (Å²) in [6.45, 7) is 1.47. The molecule has 0 bridgehead atoms. The van der Waals surface area contributed by atoms with E-state index in [-0.39, 0.29) is 18.3 Å². The molecular formula is C20H28FNO3. The third-order valence-electron chi connectivity index (χ3n) is 3.94. The van der Waals surface area contributed by atoms with Gasteiger partial charge in [-0.2, -0.15) is 0 Å². The summed E-state index contributed by atoms with van der Waals surface area (Å²) >= 11 is 0. The van der Waals surface area contributed by atoms with Gasteiger partial charge < -0.3 is 20.3 Å². The second-order valence-electron chi connectivity index (χ2n) is 5.53. The third-order valence-corrected chi connectivity index (χ3v) is 3.94. The number of halogens is 1. The summed E-state index contributed by atoms with van der Waals surface area (Å²) in [7, 11) is 2.67. The van der Waals surface area contributed by atoms with E-state index < -0.39 is 0 Å². The molecule has 0 aliphatic heterocycles. The third kappa shape index (κ3) is 7.22. The second-order valence-corrected chi connectivity index (χ2v) is 5.53. The zero-order valence-corrected chi connectivity index (χ0v) is 14.9. The van der Waals surface area contributed by atoms with Gasteiger partial charge in [-0.05, 0) is 54.6 Å². The van der Waals surface area contributed by atoms with Crippen LogP contribution in [0.3, 0.4) is 0 Å². The maximum atomic E-state index is 13.6. The first-order chi connectivity index (χ1) is 12.2. The molecule has 0 radical (unpaired) electrons. The lowest BCUT2D eigenvalue weighted by molar-refractivity contribution is 0.291. The number of benzene rings is 2. The quantitative estimate of drug-likeness (QED) is 0.609. The predicted molar refractivity (Wildman–Crippen MR) is 98.6 cm³/mol. The van der Waals surface area contributed by atoms with Gasteiger partial charge in [-0.1, -0.05) is 30.3 Å². The number of aliphatic hydroxyl groups excluding tert-OH is 2. The van der Waals surface area contributed by atoms with Crippen LogP contribution >= 0.6 is 0 Å². The average molecular weight is 349 g/mol. The molecule has 0 unspecified atom stereocenters. The van der Waals surface area contributed by atoms with Crippen LogP contribution in [0.4, 0.5) is 4.39 Å². The maximum absolute atomic E-state index is 13.6. The van der Waals surface area contributed by atoms with E-state index in [4.69, 9.17) is 14.9 Å². The van der Waals surface area contributed by atoms with Crippen molar-refractivity contribution in [2.45, 2.75) is 18.8 Å². The summed E-state index contributed by atoms with van der Waals surface area (Å²) < 4.78 is 19.0. The van der Waals surface area contributed by atoms with Crippen LogP contribution < -0.4 is 10.1 Å². The number of hydrogen-bond donors (Lipinski definition) is 3. The predicted octanol–water partition coefficient (Wildman–Crippen LogP) is 2.74. The standard InChI is InChI=1S/C19H24FNO2.CH4O/c1-23-19-8-3-2-5-17(19)13-16(9-10-21-11-12-22)15-6-4-7-18(20)14-15;1-2/h2-8,14,16,21-22H,9-13H2,1H3;2H,1H3/t16-;/m0./s1. The van der Waals surface area contributed by atoms with Gasteiger partial charge in [-0.15, -0.1) is 0 Å². The molecule has 0 aromatic heterocycles. The number of nitrogens with one attached hydrogen (secondary N) is 1. The monoisotopic (exact) mass is 349 g/mol. The molecule has 0 saturated heterocycles. The lowest BCUT2D eigenvalue weighted by atomic mass is 9.89. The Bertz CT molecular complexity index is 607. The molecule has 0 aliphatic rings. The number of ether oxygens (including phenoxy) is 1. The molecular weight excluding hydrogens is 321 g/mol. The zero-order chi connectivity index (χ0) is 18.5. The van der Waals surface area contributed by atoms with E-state index in [1.165, 1.54) is 6.07 Å². The van der Waals surface area contributed by atoms with E-state index in [2.05, 4.69) is 5.32 Å². The van der Waals surface area contributed by atoms with E-state index in [1.54, 1.807) is 19.2 Å². The Labute approximate surface area is 149 Å². The lowest BCUT2D eigenvalue weighted by Gasteiger charge is -2.19. The molecule has 0 amide bonds. The second kappa shape index (κ2) is 12.4. The molecule has 2 rings (SSSR count). The molecule has 1 atom stereocenters. The molecule has 4 nitrogen and oxygen atoms in total. The summed E-state index contributed by atoms with van der Waals surface area (Å²) in [6, 6.07) is 14.7. The minimum atomic E-state index is -0.212. The highest BCUT2D eigenvalue weighted by atomic mass is 19.1. The van der Waals surface area contributed by atoms with Crippen molar-refractivity contribution in [2.24, 2.45) is 0 Å². The van der Waals surface area contributed by atoms with Gasteiger partial charge in [0.05, 0.1) is 13.7 Å². The van der Waals surface area contributed by atoms with Crippen molar-refractivity contribution in [3.63, 3.8) is 0 Å². The Morgan fingerprint density at radius 2 is 1.84 bits per heavy atom. The van der Waals surface area contributed by atoms with Crippen LogP contribution in [0.1, 0.15) is 23.5 Å². The number of rotatable bonds is 9. The summed E-state index contributed by atoms with van der Waals surface area (Å²) in [6.07, 6.45) is 1.65. The Morgan fingerprint density at radius 3 is 2.52 bits per heavy atom. The van der Waals surface area contributed by atoms with Crippen molar-refractivity contribution < 1.29 is 19.3 Å². The molecule has 0 saturated carbocycles. The van der Waals surface area contributed by atoms with Gasteiger partial charge in [0, 0.05) is 13.7 Å². The summed E-state index contributed by atoms with van der Waals surface area (Å²) in [5, 5.41) is 19.0. The van der Waals surface area contributed by atoms with Crippen LogP contribution in [0.25, 0.3) is 0 Å². The van der Waals surface area contributed by atoms with Crippen LogP contribution in [0.5, 0.6) is 5.75 Å². The fourth-order valence-corrected chi connectivity index (χ4v) is 2.76. The molecule has 3 N–H and O–H groups in total. The minimum absolute atomic E-state index is 0.122. The summed E-state index contributed by atoms with van der Waals surface area (Å²) in [4.78, 5) is 0. The van der Waals surface area contributed by atoms with Crippen LogP contribution in [0, 0.1) is 5.82 Å². The first-order valence-corrected chi connectivity index (χ1v) is 8.38. The smallest absolute Gasteiger partial charge is 0.123 e. The van der Waals surface area contributed by atoms with Crippen LogP contribution in [0.2, 0.25) is 0 Å². The molecule has 2 aromatic carbocycles. The molecule has 25 heavy (non-hydrogen) atoms. The van der Waals surface area contributed by atoms with Crippen molar-refractivity contribution in [1.82, 2.24) is 5.32 Å². The van der Waals surface area contributed by atoms with Crippen molar-refractivity contribution in [1.29, 1.82) is 0 Å². The molecule has 0 aliphatic carbocycles. The maximum Gasteiger partial charge on any atom is 0.123 e. The highest BCUT2D eigenvalue weighted by Gasteiger charge is 2.15. The molecule has 2 aromatic rings. The SMILES string of the molecule is CO.COc1ccccc1C[C@H](CCNCCO)c1cccc(F)c1. The summed E-state index contributed by atoms with van der Waals surface area (Å²) in [5.41, 5.74) is 2.10. The Kier molecular flexibility index (Phi) is 10.5. The topological polar surface area (TPSA) is 61.7 Å². The normalized spacial score (nSPS) is 11.4. The largest absolute Gasteiger partial charge is 0.496 e. The van der Waals surface area contributed by atoms with Gasteiger partial charge in [0.2, 0.25) is 0 Å². The average Bonchev–Trinajstić information content (AvgIpc) is 2.66. The number of para-hydroxylation sites is 1. The van der Waals surface area contributed by atoms with Gasteiger partial charge in [-0.25, -0.2) is 4.39 Å². The zero-order valence-electron chi connectivity index (χ0n) is 14.9. The van der Waals surface area contributed by atoms with Crippen molar-refractivity contribution >= 4 is 0 Å². The Hall–Kier alpha value is -1.95. The van der Waals surface area contributed by atoms with E-state index in [0.29, 0.717) is 6.54 Å². The van der Waals surface area contributed by atoms with E-state index in [9.17, 15) is 4.39 Å². The van der Waals surface area contributed by atoms with Gasteiger partial charge in [-0.3, -0.25) is 0 Å². The van der Waals surface area contributed by atoms with Crippen molar-refractivity contribution in [3.8, 4) is 5.75 Å². The fraction of sp³-hybridized carbons (Fsp3) is 0.400. The van der Waals surface area contributed by atoms with Crippen LogP contribution in [0.15, 0.2) is 48.5 Å². The Morgan fingerprint density at radius 1 is 1.08 bits per heavy atom. The van der Waals surface area contributed by atoms with Crippen LogP contribution in [-0.2, 0) is 6.42 Å². The lowest BCUT2D eigenvalue weighted by Crippen LogP contribution is -2.21. The van der Waals surface area contributed by atoms with Crippen LogP contribution in [-0.4, -0.2) is 44.1 Å². The molecule has 0 heterocycles. The molecule has 5 heteroatoms. The van der Waals surface area contributed by atoms with E-state index in [1.807, 2.05) is 30.3 Å². The first-order valence-electron chi connectivity index (χ1n) is 8.38. The molecule has 0 fully saturated rings. The molecule has 0 spiro atoms. The summed E-state index contributed by atoms with van der Waals surface area (Å²) in [5.74, 6) is 0.834. The minimum Gasteiger partial charge on any atom is -0.496 e. The van der Waals surface area contributed by atoms with Crippen molar-refractivity contribution in [3.05, 3.63) is 65.5 Å². The fourth-order valence-electron chi connectivity index (χ4n) is 2.76. The van der Waals surface area contributed by atoms with Gasteiger partial charge in [0.15, 0.2) is 0 Å². The highest BCUT2D eigenvalue weighted by molar-refractivity contribution is 5.35. The highest BCUT2D eigenvalue weighted by Crippen LogP contribution is 2.29. The first kappa shape index (κ1) is 21.1. The number of aliphatic hydroxyl groups is 2. The Balaban J connectivity index is 0.00000151. The van der Waals surface area contributed by atoms with E-state index in [0.717, 1.165) is 43.4 Å².